The zero-order valence-electron chi connectivity index (χ0n) is 13.7. The Kier molecular flexibility index (Phi) is 6.98. The zero-order valence-corrected chi connectivity index (χ0v) is 14.5. The van der Waals surface area contributed by atoms with Crippen molar-refractivity contribution < 1.29 is 9.53 Å². The van der Waals surface area contributed by atoms with Crippen LogP contribution in [0.25, 0.3) is 0 Å². The van der Waals surface area contributed by atoms with Crippen molar-refractivity contribution in [1.29, 1.82) is 0 Å². The summed E-state index contributed by atoms with van der Waals surface area (Å²) in [4.78, 5) is 15.1. The number of carbonyl (C=O) groups is 1. The highest BCUT2D eigenvalue weighted by molar-refractivity contribution is 7.19. The highest BCUT2D eigenvalue weighted by atomic mass is 32.1. The molecule has 0 atom stereocenters. The summed E-state index contributed by atoms with van der Waals surface area (Å²) in [5.41, 5.74) is 6.50. The molecule has 0 radical (unpaired) electrons. The molecular formula is C15H27N3O2S. The van der Waals surface area contributed by atoms with Crippen LogP contribution in [0.4, 0.5) is 10.7 Å². The normalized spacial score (nSPS) is 11.2. The molecular weight excluding hydrogens is 286 g/mol. The van der Waals surface area contributed by atoms with Crippen LogP contribution in [-0.2, 0) is 0 Å². The van der Waals surface area contributed by atoms with Gasteiger partial charge < -0.3 is 20.7 Å². The van der Waals surface area contributed by atoms with E-state index in [4.69, 9.17) is 10.5 Å². The van der Waals surface area contributed by atoms with Gasteiger partial charge in [0.2, 0.25) is 0 Å². The fraction of sp³-hybridized carbons (Fsp3) is 0.667. The Morgan fingerprint density at radius 3 is 2.48 bits per heavy atom. The number of hydrogen-bond donors (Lipinski definition) is 2. The van der Waals surface area contributed by atoms with Gasteiger partial charge in [-0.25, -0.2) is 0 Å². The standard InChI is InChI=1S/C15H27N3O2S/c1-6-18(7-2)9-8-17-15-13(20-5)11(16)14(21-15)12(19)10(3)4/h10,17H,6-9,16H2,1-5H3. The van der Waals surface area contributed by atoms with Crippen LogP contribution >= 0.6 is 11.3 Å². The molecule has 0 saturated carbocycles. The Labute approximate surface area is 131 Å². The fourth-order valence-corrected chi connectivity index (χ4v) is 3.26. The first kappa shape index (κ1) is 17.8. The van der Waals surface area contributed by atoms with Gasteiger partial charge in [-0.05, 0) is 13.1 Å². The molecule has 3 N–H and O–H groups in total. The smallest absolute Gasteiger partial charge is 0.177 e. The summed E-state index contributed by atoms with van der Waals surface area (Å²) in [7, 11) is 1.58. The minimum atomic E-state index is -0.0702. The lowest BCUT2D eigenvalue weighted by molar-refractivity contribution is 0.0944. The zero-order chi connectivity index (χ0) is 16.0. The lowest BCUT2D eigenvalue weighted by Crippen LogP contribution is -2.28. The third kappa shape index (κ3) is 4.35. The van der Waals surface area contributed by atoms with Crippen molar-refractivity contribution in [3.63, 3.8) is 0 Å². The summed E-state index contributed by atoms with van der Waals surface area (Å²) in [6, 6.07) is 0. The molecule has 0 aliphatic rings. The number of nitrogens with two attached hydrogens (primary N) is 1. The van der Waals surface area contributed by atoms with Crippen molar-refractivity contribution in [1.82, 2.24) is 4.90 Å². The second-order valence-corrected chi connectivity index (χ2v) is 6.20. The maximum Gasteiger partial charge on any atom is 0.177 e. The van der Waals surface area contributed by atoms with Gasteiger partial charge in [-0.2, -0.15) is 0 Å². The number of ketones is 1. The Balaban J connectivity index is 2.83. The van der Waals surface area contributed by atoms with E-state index in [-0.39, 0.29) is 11.7 Å². The van der Waals surface area contributed by atoms with Crippen molar-refractivity contribution in [2.24, 2.45) is 5.92 Å². The van der Waals surface area contributed by atoms with Crippen LogP contribution in [0.5, 0.6) is 5.75 Å². The molecule has 0 bridgehead atoms. The molecule has 120 valence electrons. The van der Waals surface area contributed by atoms with Crippen LogP contribution in [-0.4, -0.2) is 44.0 Å². The Morgan fingerprint density at radius 1 is 1.38 bits per heavy atom. The number of nitrogens with zero attached hydrogens (tertiary/aromatic N) is 1. The van der Waals surface area contributed by atoms with Gasteiger partial charge in [-0.1, -0.05) is 27.7 Å². The molecule has 1 aromatic rings. The average molecular weight is 313 g/mol. The van der Waals surface area contributed by atoms with E-state index >= 15 is 0 Å². The van der Waals surface area contributed by atoms with Crippen LogP contribution in [0.15, 0.2) is 0 Å². The number of methoxy groups -OCH3 is 1. The number of likely N-dealkylation sites (N-methyl/N-ethyl adjacent to an activating group) is 1. The van der Waals surface area contributed by atoms with E-state index in [2.05, 4.69) is 24.1 Å². The van der Waals surface area contributed by atoms with E-state index < -0.39 is 0 Å². The van der Waals surface area contributed by atoms with Crippen molar-refractivity contribution in [3.8, 4) is 5.75 Å². The van der Waals surface area contributed by atoms with E-state index in [9.17, 15) is 4.79 Å². The summed E-state index contributed by atoms with van der Waals surface area (Å²) in [6.07, 6.45) is 0. The summed E-state index contributed by atoms with van der Waals surface area (Å²) in [6.45, 7) is 11.8. The lowest BCUT2D eigenvalue weighted by Gasteiger charge is -2.18. The third-order valence-corrected chi connectivity index (χ3v) is 4.62. The summed E-state index contributed by atoms with van der Waals surface area (Å²) in [5.74, 6) is 0.579. The van der Waals surface area contributed by atoms with Gasteiger partial charge in [0.25, 0.3) is 0 Å². The van der Waals surface area contributed by atoms with Gasteiger partial charge in [-0.3, -0.25) is 4.79 Å². The minimum absolute atomic E-state index is 0.0626. The molecule has 0 aliphatic carbocycles. The first-order valence-corrected chi connectivity index (χ1v) is 8.24. The van der Waals surface area contributed by atoms with Crippen molar-refractivity contribution in [3.05, 3.63) is 4.88 Å². The number of anilines is 2. The molecule has 0 unspecified atom stereocenters. The summed E-state index contributed by atoms with van der Waals surface area (Å²) >= 11 is 1.38. The van der Waals surface area contributed by atoms with Crippen molar-refractivity contribution in [2.75, 3.05) is 44.3 Å². The fourth-order valence-electron chi connectivity index (χ4n) is 2.06. The van der Waals surface area contributed by atoms with Crippen LogP contribution in [0.2, 0.25) is 0 Å². The molecule has 0 fully saturated rings. The SMILES string of the molecule is CCN(CC)CCNc1sc(C(=O)C(C)C)c(N)c1OC. The van der Waals surface area contributed by atoms with Crippen molar-refractivity contribution in [2.45, 2.75) is 27.7 Å². The molecule has 0 aliphatic heterocycles. The number of Topliss-reactive ketones (excluding diaryl/α,β-unsaturated/α-hetero) is 1. The van der Waals surface area contributed by atoms with Gasteiger partial charge >= 0.3 is 0 Å². The van der Waals surface area contributed by atoms with E-state index in [1.807, 2.05) is 13.8 Å². The average Bonchev–Trinajstić information content (AvgIpc) is 2.78. The predicted octanol–water partition coefficient (Wildman–Crippen LogP) is 2.93. The molecule has 0 amide bonds. The number of thiophene rings is 1. The topological polar surface area (TPSA) is 67.6 Å². The molecule has 0 spiro atoms. The highest BCUT2D eigenvalue weighted by Crippen LogP contribution is 2.43. The summed E-state index contributed by atoms with van der Waals surface area (Å²) < 4.78 is 5.35. The highest BCUT2D eigenvalue weighted by Gasteiger charge is 2.23. The lowest BCUT2D eigenvalue weighted by atomic mass is 10.1. The van der Waals surface area contributed by atoms with Gasteiger partial charge in [0.15, 0.2) is 11.5 Å². The first-order valence-electron chi connectivity index (χ1n) is 7.42. The van der Waals surface area contributed by atoms with Crippen LogP contribution < -0.4 is 15.8 Å². The number of carbonyl (C=O) groups excluding carboxylic acids is 1. The second-order valence-electron chi connectivity index (χ2n) is 5.18. The monoisotopic (exact) mass is 313 g/mol. The van der Waals surface area contributed by atoms with E-state index in [1.165, 1.54) is 11.3 Å². The van der Waals surface area contributed by atoms with Gasteiger partial charge in [0, 0.05) is 19.0 Å². The molecule has 1 aromatic heterocycles. The van der Waals surface area contributed by atoms with Crippen LogP contribution in [0, 0.1) is 5.92 Å². The molecule has 21 heavy (non-hydrogen) atoms. The second kappa shape index (κ2) is 8.24. The van der Waals surface area contributed by atoms with E-state index in [1.54, 1.807) is 7.11 Å². The third-order valence-electron chi connectivity index (χ3n) is 3.46. The maximum absolute atomic E-state index is 12.2. The number of ether oxygens (including phenoxy) is 1. The summed E-state index contributed by atoms with van der Waals surface area (Å²) in [5, 5.41) is 4.18. The Morgan fingerprint density at radius 2 is 2.00 bits per heavy atom. The molecule has 5 nitrogen and oxygen atoms in total. The van der Waals surface area contributed by atoms with Gasteiger partial charge in [0.1, 0.15) is 5.00 Å². The number of hydrogen-bond acceptors (Lipinski definition) is 6. The minimum Gasteiger partial charge on any atom is -0.492 e. The predicted molar refractivity (Wildman–Crippen MR) is 90.7 cm³/mol. The maximum atomic E-state index is 12.2. The largest absolute Gasteiger partial charge is 0.492 e. The number of nitrogen functional groups attached to an aromatic ring is 1. The quantitative estimate of drug-likeness (QED) is 0.686. The molecule has 6 heteroatoms. The molecule has 1 heterocycles. The van der Waals surface area contributed by atoms with E-state index in [0.717, 1.165) is 31.2 Å². The van der Waals surface area contributed by atoms with Gasteiger partial charge in [-0.15, -0.1) is 11.3 Å². The van der Waals surface area contributed by atoms with Crippen molar-refractivity contribution >= 4 is 27.8 Å². The first-order chi connectivity index (χ1) is 9.96. The number of rotatable bonds is 9. The molecule has 0 saturated heterocycles. The van der Waals surface area contributed by atoms with Crippen LogP contribution in [0.3, 0.4) is 0 Å². The van der Waals surface area contributed by atoms with Crippen LogP contribution in [0.1, 0.15) is 37.4 Å². The Bertz CT molecular complexity index is 468. The van der Waals surface area contributed by atoms with E-state index in [0.29, 0.717) is 16.3 Å². The molecule has 0 aromatic carbocycles. The molecule has 1 rings (SSSR count). The Hall–Kier alpha value is -1.27. The van der Waals surface area contributed by atoms with Gasteiger partial charge in [0.05, 0.1) is 17.7 Å². The number of nitrogens with one attached hydrogen (secondary N) is 1.